The number of aryl methyl sites for hydroxylation is 1. The monoisotopic (exact) mass is 302 g/mol. The third-order valence-electron chi connectivity index (χ3n) is 3.32. The molecule has 0 bridgehead atoms. The van der Waals surface area contributed by atoms with Gasteiger partial charge in [0.2, 0.25) is 0 Å². The first kappa shape index (κ1) is 15.7. The highest BCUT2D eigenvalue weighted by Crippen LogP contribution is 2.14. The molecule has 22 heavy (non-hydrogen) atoms. The molecule has 0 saturated heterocycles. The third-order valence-corrected chi connectivity index (χ3v) is 3.32. The van der Waals surface area contributed by atoms with Crippen molar-refractivity contribution >= 4 is 11.9 Å². The fraction of sp³-hybridized carbons (Fsp3) is 0.333. The molecule has 116 valence electrons. The Labute approximate surface area is 128 Å². The van der Waals surface area contributed by atoms with Gasteiger partial charge < -0.3 is 10.4 Å². The molecule has 0 spiro atoms. The number of amides is 1. The van der Waals surface area contributed by atoms with E-state index in [1.807, 2.05) is 31.2 Å². The lowest BCUT2D eigenvalue weighted by molar-refractivity contribution is -0.143. The van der Waals surface area contributed by atoms with Crippen molar-refractivity contribution in [1.82, 2.24) is 20.3 Å². The maximum atomic E-state index is 12.2. The highest BCUT2D eigenvalue weighted by molar-refractivity contribution is 5.96. The molecule has 0 unspecified atom stereocenters. The van der Waals surface area contributed by atoms with Crippen molar-refractivity contribution in [3.63, 3.8) is 0 Å². The molecule has 1 heterocycles. The van der Waals surface area contributed by atoms with E-state index in [0.29, 0.717) is 5.69 Å². The summed E-state index contributed by atoms with van der Waals surface area (Å²) in [5, 5.41) is 19.4. The quantitative estimate of drug-likeness (QED) is 0.891. The second kappa shape index (κ2) is 5.59. The fourth-order valence-electron chi connectivity index (χ4n) is 1.94. The van der Waals surface area contributed by atoms with Crippen LogP contribution in [-0.2, 0) is 4.79 Å². The average molecular weight is 302 g/mol. The standard InChI is InChI=1S/C15H18N4O3/c1-9-6-5-7-11(8-9)19-10(2)12(17-18-19)13(20)16-15(3,4)14(21)22/h5-8H,1-4H3,(H,16,20)(H,21,22). The Kier molecular flexibility index (Phi) is 3.99. The van der Waals surface area contributed by atoms with Crippen molar-refractivity contribution in [1.29, 1.82) is 0 Å². The van der Waals surface area contributed by atoms with Crippen LogP contribution in [0.4, 0.5) is 0 Å². The van der Waals surface area contributed by atoms with Crippen LogP contribution in [0.5, 0.6) is 0 Å². The summed E-state index contributed by atoms with van der Waals surface area (Å²) in [7, 11) is 0. The van der Waals surface area contributed by atoms with Gasteiger partial charge in [-0.25, -0.2) is 9.48 Å². The molecule has 0 radical (unpaired) electrons. The van der Waals surface area contributed by atoms with E-state index in [-0.39, 0.29) is 5.69 Å². The summed E-state index contributed by atoms with van der Waals surface area (Å²) in [6.07, 6.45) is 0. The van der Waals surface area contributed by atoms with E-state index in [1.165, 1.54) is 13.8 Å². The lowest BCUT2D eigenvalue weighted by Gasteiger charge is -2.20. The summed E-state index contributed by atoms with van der Waals surface area (Å²) >= 11 is 0. The van der Waals surface area contributed by atoms with E-state index in [9.17, 15) is 9.59 Å². The van der Waals surface area contributed by atoms with Crippen LogP contribution in [0.25, 0.3) is 5.69 Å². The minimum absolute atomic E-state index is 0.107. The van der Waals surface area contributed by atoms with Crippen molar-refractivity contribution in [2.45, 2.75) is 33.2 Å². The summed E-state index contributed by atoms with van der Waals surface area (Å²) in [5.74, 6) is -1.69. The normalized spacial score (nSPS) is 11.3. The van der Waals surface area contributed by atoms with Crippen LogP contribution < -0.4 is 5.32 Å². The van der Waals surface area contributed by atoms with Crippen LogP contribution in [-0.4, -0.2) is 37.5 Å². The summed E-state index contributed by atoms with van der Waals surface area (Å²) in [6, 6.07) is 7.62. The number of hydrogen-bond acceptors (Lipinski definition) is 4. The predicted octanol–water partition coefficient (Wildman–Crippen LogP) is 1.48. The van der Waals surface area contributed by atoms with Crippen LogP contribution in [0.3, 0.4) is 0 Å². The molecule has 1 aromatic heterocycles. The van der Waals surface area contributed by atoms with Gasteiger partial charge in [-0.05, 0) is 45.4 Å². The zero-order valence-corrected chi connectivity index (χ0v) is 12.9. The molecule has 0 aliphatic rings. The molecule has 1 aromatic carbocycles. The lowest BCUT2D eigenvalue weighted by atomic mass is 10.1. The molecule has 2 rings (SSSR count). The smallest absolute Gasteiger partial charge is 0.328 e. The Bertz CT molecular complexity index is 734. The number of rotatable bonds is 4. The molecule has 0 aliphatic heterocycles. The van der Waals surface area contributed by atoms with Crippen LogP contribution in [0.1, 0.15) is 35.6 Å². The molecule has 7 heteroatoms. The van der Waals surface area contributed by atoms with E-state index in [2.05, 4.69) is 15.6 Å². The molecule has 2 N–H and O–H groups in total. The van der Waals surface area contributed by atoms with E-state index in [1.54, 1.807) is 11.6 Å². The highest BCUT2D eigenvalue weighted by atomic mass is 16.4. The van der Waals surface area contributed by atoms with Gasteiger partial charge in [-0.2, -0.15) is 0 Å². The van der Waals surface area contributed by atoms with E-state index in [0.717, 1.165) is 11.3 Å². The van der Waals surface area contributed by atoms with Crippen LogP contribution in [0.15, 0.2) is 24.3 Å². The van der Waals surface area contributed by atoms with E-state index < -0.39 is 17.4 Å². The third kappa shape index (κ3) is 2.98. The van der Waals surface area contributed by atoms with Crippen LogP contribution in [0, 0.1) is 13.8 Å². The number of nitrogens with zero attached hydrogens (tertiary/aromatic N) is 3. The van der Waals surface area contributed by atoms with Crippen LogP contribution in [0.2, 0.25) is 0 Å². The van der Waals surface area contributed by atoms with Gasteiger partial charge in [0.1, 0.15) is 5.54 Å². The summed E-state index contributed by atoms with van der Waals surface area (Å²) in [5.41, 5.74) is 1.13. The number of hydrogen-bond donors (Lipinski definition) is 2. The maximum absolute atomic E-state index is 12.2. The Balaban J connectivity index is 2.32. The molecule has 7 nitrogen and oxygen atoms in total. The second-order valence-electron chi connectivity index (χ2n) is 5.66. The molecule has 1 amide bonds. The first-order chi connectivity index (χ1) is 10.2. The number of carbonyl (C=O) groups excluding carboxylic acids is 1. The van der Waals surface area contributed by atoms with Crippen molar-refractivity contribution in [3.8, 4) is 5.69 Å². The minimum Gasteiger partial charge on any atom is -0.480 e. The molecule has 0 aliphatic carbocycles. The van der Waals surface area contributed by atoms with Gasteiger partial charge in [0.25, 0.3) is 5.91 Å². The number of carboxylic acid groups (broad SMARTS) is 1. The zero-order chi connectivity index (χ0) is 16.5. The number of carboxylic acids is 1. The van der Waals surface area contributed by atoms with Gasteiger partial charge in [0.15, 0.2) is 5.69 Å². The van der Waals surface area contributed by atoms with Crippen molar-refractivity contribution in [3.05, 3.63) is 41.2 Å². The second-order valence-corrected chi connectivity index (χ2v) is 5.66. The van der Waals surface area contributed by atoms with Crippen molar-refractivity contribution in [2.75, 3.05) is 0 Å². The van der Waals surface area contributed by atoms with E-state index in [4.69, 9.17) is 5.11 Å². The minimum atomic E-state index is -1.38. The zero-order valence-electron chi connectivity index (χ0n) is 12.9. The van der Waals surface area contributed by atoms with Gasteiger partial charge in [0, 0.05) is 0 Å². The summed E-state index contributed by atoms with van der Waals surface area (Å²) in [6.45, 7) is 6.49. The maximum Gasteiger partial charge on any atom is 0.328 e. The fourth-order valence-corrected chi connectivity index (χ4v) is 1.94. The van der Waals surface area contributed by atoms with Gasteiger partial charge >= 0.3 is 5.97 Å². The van der Waals surface area contributed by atoms with Crippen molar-refractivity contribution < 1.29 is 14.7 Å². The Morgan fingerprint density at radius 3 is 2.55 bits per heavy atom. The first-order valence-electron chi connectivity index (χ1n) is 6.77. The van der Waals surface area contributed by atoms with Crippen LogP contribution >= 0.6 is 0 Å². The van der Waals surface area contributed by atoms with Gasteiger partial charge in [0.05, 0.1) is 11.4 Å². The molecule has 0 fully saturated rings. The topological polar surface area (TPSA) is 97.1 Å². The van der Waals surface area contributed by atoms with Gasteiger partial charge in [-0.3, -0.25) is 4.79 Å². The lowest BCUT2D eigenvalue weighted by Crippen LogP contribution is -2.49. The Morgan fingerprint density at radius 2 is 1.95 bits per heavy atom. The average Bonchev–Trinajstić information content (AvgIpc) is 2.80. The predicted molar refractivity (Wildman–Crippen MR) is 80.0 cm³/mol. The number of aromatic nitrogens is 3. The highest BCUT2D eigenvalue weighted by Gasteiger charge is 2.31. The van der Waals surface area contributed by atoms with Crippen molar-refractivity contribution in [2.24, 2.45) is 0 Å². The molecule has 0 saturated carbocycles. The Hall–Kier alpha value is -2.70. The Morgan fingerprint density at radius 1 is 1.27 bits per heavy atom. The number of carbonyl (C=O) groups is 2. The summed E-state index contributed by atoms with van der Waals surface area (Å²) < 4.78 is 1.55. The molecular formula is C15H18N4O3. The molecule has 0 atom stereocenters. The number of benzene rings is 1. The summed E-state index contributed by atoms with van der Waals surface area (Å²) in [4.78, 5) is 23.3. The number of aliphatic carboxylic acids is 1. The molecular weight excluding hydrogens is 284 g/mol. The number of nitrogens with one attached hydrogen (secondary N) is 1. The van der Waals surface area contributed by atoms with Gasteiger partial charge in [-0.1, -0.05) is 17.3 Å². The largest absolute Gasteiger partial charge is 0.480 e. The van der Waals surface area contributed by atoms with Gasteiger partial charge in [-0.15, -0.1) is 5.10 Å². The molecule has 2 aromatic rings. The first-order valence-corrected chi connectivity index (χ1v) is 6.77. The SMILES string of the molecule is Cc1cccc(-n2nnc(C(=O)NC(C)(C)C(=O)O)c2C)c1. The van der Waals surface area contributed by atoms with E-state index >= 15 is 0 Å².